The third-order valence-electron chi connectivity index (χ3n) is 5.13. The summed E-state index contributed by atoms with van der Waals surface area (Å²) < 4.78 is 11.3. The molecule has 0 bridgehead atoms. The van der Waals surface area contributed by atoms with E-state index in [-0.39, 0.29) is 43.0 Å². The Morgan fingerprint density at radius 3 is 1.61 bits per heavy atom. The van der Waals surface area contributed by atoms with Crippen LogP contribution in [0.15, 0.2) is 48.5 Å². The van der Waals surface area contributed by atoms with E-state index in [2.05, 4.69) is 0 Å². The largest absolute Gasteiger partial charge is 0.508 e. The van der Waals surface area contributed by atoms with Crippen molar-refractivity contribution in [2.45, 2.75) is 58.8 Å². The number of phenols is 2. The molecular formula is C25H32O8. The van der Waals surface area contributed by atoms with Gasteiger partial charge in [-0.3, -0.25) is 0 Å². The molecule has 0 aliphatic carbocycles. The number of carbonyl (C=O) groups is 2. The Kier molecular flexibility index (Phi) is 10.2. The molecule has 2 N–H and O–H groups in total. The SMILES string of the molecule is CCO[C@H](Cc1ccc(O)cc1)C(=O)OOC(=O)[C@H](Cc1ccc(O)cc1)O[C@@H](C)C(C)C. The number of ether oxygens (including phenoxy) is 2. The highest BCUT2D eigenvalue weighted by Crippen LogP contribution is 2.18. The van der Waals surface area contributed by atoms with Gasteiger partial charge in [-0.25, -0.2) is 19.4 Å². The number of hydrogen-bond donors (Lipinski definition) is 2. The van der Waals surface area contributed by atoms with Crippen LogP contribution in [0, 0.1) is 5.92 Å². The monoisotopic (exact) mass is 460 g/mol. The first-order valence-corrected chi connectivity index (χ1v) is 10.9. The molecular weight excluding hydrogens is 428 g/mol. The summed E-state index contributed by atoms with van der Waals surface area (Å²) in [5.41, 5.74) is 1.49. The van der Waals surface area contributed by atoms with Crippen molar-refractivity contribution in [3.63, 3.8) is 0 Å². The highest BCUT2D eigenvalue weighted by molar-refractivity contribution is 5.78. The fraction of sp³-hybridized carbons (Fsp3) is 0.440. The molecule has 0 fully saturated rings. The number of hydrogen-bond acceptors (Lipinski definition) is 8. The van der Waals surface area contributed by atoms with Crippen LogP contribution in [0.5, 0.6) is 11.5 Å². The van der Waals surface area contributed by atoms with Crippen LogP contribution in [-0.4, -0.2) is 47.1 Å². The number of carbonyl (C=O) groups excluding carboxylic acids is 2. The Bertz CT molecular complexity index is 876. The quantitative estimate of drug-likeness (QED) is 0.386. The molecule has 0 radical (unpaired) electrons. The summed E-state index contributed by atoms with van der Waals surface area (Å²) in [6.45, 7) is 7.76. The van der Waals surface area contributed by atoms with Crippen LogP contribution >= 0.6 is 0 Å². The van der Waals surface area contributed by atoms with Gasteiger partial charge in [-0.15, -0.1) is 0 Å². The minimum absolute atomic E-state index is 0.110. The topological polar surface area (TPSA) is 112 Å². The highest BCUT2D eigenvalue weighted by atomic mass is 17.2. The van der Waals surface area contributed by atoms with Crippen LogP contribution < -0.4 is 0 Å². The molecule has 33 heavy (non-hydrogen) atoms. The molecule has 3 atom stereocenters. The molecule has 0 saturated heterocycles. The fourth-order valence-corrected chi connectivity index (χ4v) is 2.90. The van der Waals surface area contributed by atoms with Crippen molar-refractivity contribution in [1.29, 1.82) is 0 Å². The molecule has 0 spiro atoms. The maximum atomic E-state index is 12.7. The van der Waals surface area contributed by atoms with Crippen LogP contribution in [0.3, 0.4) is 0 Å². The van der Waals surface area contributed by atoms with E-state index in [1.165, 1.54) is 24.3 Å². The lowest BCUT2D eigenvalue weighted by atomic mass is 10.1. The maximum Gasteiger partial charge on any atom is 0.384 e. The van der Waals surface area contributed by atoms with Gasteiger partial charge in [-0.2, -0.15) is 0 Å². The normalized spacial score (nSPS) is 13.8. The predicted molar refractivity (Wildman–Crippen MR) is 120 cm³/mol. The fourth-order valence-electron chi connectivity index (χ4n) is 2.90. The predicted octanol–water partition coefficient (Wildman–Crippen LogP) is 3.72. The van der Waals surface area contributed by atoms with E-state index in [0.29, 0.717) is 0 Å². The minimum atomic E-state index is -1.01. The Balaban J connectivity index is 2.03. The van der Waals surface area contributed by atoms with Crippen molar-refractivity contribution >= 4 is 11.9 Å². The van der Waals surface area contributed by atoms with E-state index in [4.69, 9.17) is 19.2 Å². The van der Waals surface area contributed by atoms with Gasteiger partial charge in [0.2, 0.25) is 0 Å². The second kappa shape index (κ2) is 12.8. The lowest BCUT2D eigenvalue weighted by molar-refractivity contribution is -0.273. The number of rotatable bonds is 11. The van der Waals surface area contributed by atoms with Crippen LogP contribution in [0.2, 0.25) is 0 Å². The van der Waals surface area contributed by atoms with Gasteiger partial charge in [-0.05, 0) is 55.2 Å². The van der Waals surface area contributed by atoms with Gasteiger partial charge in [0.25, 0.3) is 0 Å². The van der Waals surface area contributed by atoms with Crippen molar-refractivity contribution in [3.05, 3.63) is 59.7 Å². The van der Waals surface area contributed by atoms with E-state index < -0.39 is 24.1 Å². The molecule has 8 heteroatoms. The average molecular weight is 461 g/mol. The van der Waals surface area contributed by atoms with Gasteiger partial charge in [0.15, 0.2) is 12.2 Å². The molecule has 0 saturated carbocycles. The average Bonchev–Trinajstić information content (AvgIpc) is 2.79. The van der Waals surface area contributed by atoms with Gasteiger partial charge in [0.05, 0.1) is 6.10 Å². The Morgan fingerprint density at radius 1 is 0.758 bits per heavy atom. The maximum absolute atomic E-state index is 12.7. The lowest BCUT2D eigenvalue weighted by Crippen LogP contribution is -2.36. The highest BCUT2D eigenvalue weighted by Gasteiger charge is 2.29. The molecule has 0 aromatic heterocycles. The first kappa shape index (κ1) is 26.2. The van der Waals surface area contributed by atoms with Crippen molar-refractivity contribution in [3.8, 4) is 11.5 Å². The molecule has 0 unspecified atom stereocenters. The van der Waals surface area contributed by atoms with E-state index in [0.717, 1.165) is 11.1 Å². The third-order valence-corrected chi connectivity index (χ3v) is 5.13. The zero-order valence-corrected chi connectivity index (χ0v) is 19.4. The summed E-state index contributed by atoms with van der Waals surface area (Å²) in [5.74, 6) is -1.32. The summed E-state index contributed by atoms with van der Waals surface area (Å²) in [5, 5.41) is 18.9. The molecule has 180 valence electrons. The Morgan fingerprint density at radius 2 is 1.18 bits per heavy atom. The second-order valence-electron chi connectivity index (χ2n) is 8.06. The molecule has 2 aromatic rings. The van der Waals surface area contributed by atoms with Gasteiger partial charge in [-0.1, -0.05) is 38.1 Å². The molecule has 0 aliphatic heterocycles. The van der Waals surface area contributed by atoms with E-state index in [1.54, 1.807) is 31.2 Å². The third kappa shape index (κ3) is 8.75. The van der Waals surface area contributed by atoms with Crippen LogP contribution in [0.25, 0.3) is 0 Å². The summed E-state index contributed by atoms with van der Waals surface area (Å²) in [6, 6.07) is 12.7. The number of benzene rings is 2. The summed E-state index contributed by atoms with van der Waals surface area (Å²) in [7, 11) is 0. The zero-order chi connectivity index (χ0) is 24.4. The molecule has 0 heterocycles. The number of phenolic OH excluding ortho intramolecular Hbond substituents is 2. The van der Waals surface area contributed by atoms with Crippen molar-refractivity contribution in [2.75, 3.05) is 6.61 Å². The minimum Gasteiger partial charge on any atom is -0.508 e. The lowest BCUT2D eigenvalue weighted by Gasteiger charge is -2.23. The molecule has 0 amide bonds. The standard InChI is InChI=1S/C25H32O8/c1-5-30-22(14-18-6-10-20(26)11-7-18)24(28)32-33-25(29)23(31-17(4)16(2)3)15-19-8-12-21(27)13-9-19/h6-13,16-17,22-23,26-27H,5,14-15H2,1-4H3/t17-,22+,23-/m0/s1. The second-order valence-corrected chi connectivity index (χ2v) is 8.06. The number of aromatic hydroxyl groups is 2. The van der Waals surface area contributed by atoms with Gasteiger partial charge in [0.1, 0.15) is 11.5 Å². The smallest absolute Gasteiger partial charge is 0.384 e. The molecule has 8 nitrogen and oxygen atoms in total. The first-order valence-electron chi connectivity index (χ1n) is 10.9. The van der Waals surface area contributed by atoms with Crippen LogP contribution in [0.1, 0.15) is 38.8 Å². The van der Waals surface area contributed by atoms with E-state index in [1.807, 2.05) is 20.8 Å². The van der Waals surface area contributed by atoms with Gasteiger partial charge >= 0.3 is 11.9 Å². The van der Waals surface area contributed by atoms with Crippen LogP contribution in [0.4, 0.5) is 0 Å². The summed E-state index contributed by atoms with van der Waals surface area (Å²) in [6.07, 6.45) is -1.89. The van der Waals surface area contributed by atoms with E-state index in [9.17, 15) is 19.8 Å². The van der Waals surface area contributed by atoms with Crippen molar-refractivity contribution < 1.29 is 39.1 Å². The summed E-state index contributed by atoms with van der Waals surface area (Å²) >= 11 is 0. The first-order chi connectivity index (χ1) is 15.7. The molecule has 2 aromatic carbocycles. The molecule has 2 rings (SSSR count). The van der Waals surface area contributed by atoms with Crippen molar-refractivity contribution in [1.82, 2.24) is 0 Å². The summed E-state index contributed by atoms with van der Waals surface area (Å²) in [4.78, 5) is 34.9. The van der Waals surface area contributed by atoms with Crippen molar-refractivity contribution in [2.24, 2.45) is 5.92 Å². The Hall–Kier alpha value is -3.10. The Labute approximate surface area is 194 Å². The molecule has 0 aliphatic rings. The van der Waals surface area contributed by atoms with Gasteiger partial charge < -0.3 is 19.7 Å². The zero-order valence-electron chi connectivity index (χ0n) is 19.4. The van der Waals surface area contributed by atoms with Crippen LogP contribution in [-0.2, 0) is 41.7 Å². The van der Waals surface area contributed by atoms with Gasteiger partial charge in [0, 0.05) is 19.4 Å². The van der Waals surface area contributed by atoms with E-state index >= 15 is 0 Å².